The topological polar surface area (TPSA) is 135 Å². The van der Waals surface area contributed by atoms with Gasteiger partial charge in [-0.3, -0.25) is 14.6 Å². The molecule has 4 N–H and O–H groups in total. The monoisotopic (exact) mass is 302 g/mol. The number of amides is 2. The first-order valence-corrected chi connectivity index (χ1v) is 6.47. The number of nitrogens with zero attached hydrogens (tertiary/aromatic N) is 2. The summed E-state index contributed by atoms with van der Waals surface area (Å²) in [6, 6.07) is 5.83. The van der Waals surface area contributed by atoms with Crippen molar-refractivity contribution in [1.29, 1.82) is 0 Å². The van der Waals surface area contributed by atoms with Crippen molar-refractivity contribution in [3.63, 3.8) is 0 Å². The van der Waals surface area contributed by atoms with Gasteiger partial charge in [0, 0.05) is 6.20 Å². The molecule has 1 aromatic heterocycles. The van der Waals surface area contributed by atoms with Crippen LogP contribution in [0.15, 0.2) is 30.5 Å². The molecule has 0 spiro atoms. The molecule has 1 atom stereocenters. The summed E-state index contributed by atoms with van der Waals surface area (Å²) in [4.78, 5) is 42.0. The van der Waals surface area contributed by atoms with Crippen molar-refractivity contribution >= 4 is 28.8 Å². The predicted molar refractivity (Wildman–Crippen MR) is 76.6 cm³/mol. The van der Waals surface area contributed by atoms with E-state index in [2.05, 4.69) is 15.3 Å². The van der Waals surface area contributed by atoms with Crippen molar-refractivity contribution in [2.45, 2.75) is 18.9 Å². The first kappa shape index (κ1) is 15.4. The standard InChI is InChI=1S/C14H14N4O4/c15-12(19)6-11(14(21)22)18-13(20)5-8-7-16-9-3-1-2-4-10(9)17-8/h1-4,7,11H,5-6H2,(H2,15,19)(H,18,20)(H,21,22)/t11-/m0/s1. The largest absolute Gasteiger partial charge is 0.480 e. The van der Waals surface area contributed by atoms with Gasteiger partial charge in [-0.15, -0.1) is 0 Å². The highest BCUT2D eigenvalue weighted by Crippen LogP contribution is 2.08. The van der Waals surface area contributed by atoms with E-state index >= 15 is 0 Å². The summed E-state index contributed by atoms with van der Waals surface area (Å²) in [5.74, 6) is -2.70. The van der Waals surface area contributed by atoms with Gasteiger partial charge >= 0.3 is 5.97 Å². The Balaban J connectivity index is 2.06. The third-order valence-corrected chi connectivity index (χ3v) is 2.88. The molecule has 2 rings (SSSR count). The van der Waals surface area contributed by atoms with E-state index in [1.807, 2.05) is 6.07 Å². The van der Waals surface area contributed by atoms with Crippen molar-refractivity contribution in [2.24, 2.45) is 5.73 Å². The van der Waals surface area contributed by atoms with E-state index in [0.29, 0.717) is 16.7 Å². The summed E-state index contributed by atoms with van der Waals surface area (Å²) >= 11 is 0. The Morgan fingerprint density at radius 1 is 1.23 bits per heavy atom. The molecule has 1 aromatic carbocycles. The second-order valence-corrected chi connectivity index (χ2v) is 4.66. The molecule has 0 saturated heterocycles. The minimum Gasteiger partial charge on any atom is -0.480 e. The Kier molecular flexibility index (Phi) is 4.62. The van der Waals surface area contributed by atoms with Crippen LogP contribution < -0.4 is 11.1 Å². The summed E-state index contributed by atoms with van der Waals surface area (Å²) in [6.07, 6.45) is 0.844. The van der Waals surface area contributed by atoms with Crippen molar-refractivity contribution in [1.82, 2.24) is 15.3 Å². The lowest BCUT2D eigenvalue weighted by atomic mass is 10.2. The Bertz CT molecular complexity index is 732. The average molecular weight is 302 g/mol. The summed E-state index contributed by atoms with van der Waals surface area (Å²) in [7, 11) is 0. The van der Waals surface area contributed by atoms with Gasteiger partial charge in [0.25, 0.3) is 0 Å². The van der Waals surface area contributed by atoms with Crippen molar-refractivity contribution in [2.75, 3.05) is 0 Å². The Morgan fingerprint density at radius 3 is 2.55 bits per heavy atom. The zero-order chi connectivity index (χ0) is 16.1. The van der Waals surface area contributed by atoms with Gasteiger partial charge in [-0.2, -0.15) is 0 Å². The number of primary amides is 1. The normalized spacial score (nSPS) is 11.8. The number of para-hydroxylation sites is 2. The van der Waals surface area contributed by atoms with Crippen molar-refractivity contribution in [3.05, 3.63) is 36.2 Å². The highest BCUT2D eigenvalue weighted by atomic mass is 16.4. The highest BCUT2D eigenvalue weighted by Gasteiger charge is 2.22. The van der Waals surface area contributed by atoms with E-state index in [1.165, 1.54) is 6.20 Å². The molecular weight excluding hydrogens is 288 g/mol. The lowest BCUT2D eigenvalue weighted by Gasteiger charge is -2.12. The molecule has 0 aliphatic heterocycles. The van der Waals surface area contributed by atoms with Crippen LogP contribution in [0.2, 0.25) is 0 Å². The highest BCUT2D eigenvalue weighted by molar-refractivity contribution is 5.88. The number of nitrogens with two attached hydrogens (primary N) is 1. The number of carboxylic acid groups (broad SMARTS) is 1. The molecule has 8 nitrogen and oxygen atoms in total. The molecule has 2 aromatic rings. The van der Waals surface area contributed by atoms with E-state index in [9.17, 15) is 14.4 Å². The van der Waals surface area contributed by atoms with Gasteiger partial charge in [0.2, 0.25) is 11.8 Å². The number of carboxylic acids is 1. The Labute approximate surface area is 125 Å². The quantitative estimate of drug-likeness (QED) is 0.665. The van der Waals surface area contributed by atoms with Gasteiger partial charge in [-0.25, -0.2) is 9.78 Å². The van der Waals surface area contributed by atoms with Crippen LogP contribution >= 0.6 is 0 Å². The van der Waals surface area contributed by atoms with E-state index in [0.717, 1.165) is 0 Å². The molecule has 0 bridgehead atoms. The molecule has 0 radical (unpaired) electrons. The van der Waals surface area contributed by atoms with Gasteiger partial charge < -0.3 is 16.2 Å². The zero-order valence-corrected chi connectivity index (χ0v) is 11.5. The minimum atomic E-state index is -1.35. The maximum Gasteiger partial charge on any atom is 0.326 e. The molecule has 0 unspecified atom stereocenters. The third kappa shape index (κ3) is 3.98. The Morgan fingerprint density at radius 2 is 1.91 bits per heavy atom. The fourth-order valence-electron chi connectivity index (χ4n) is 1.89. The minimum absolute atomic E-state index is 0.139. The predicted octanol–water partition coefficient (Wildman–Crippen LogP) is -0.383. The molecule has 114 valence electrons. The Hall–Kier alpha value is -3.03. The van der Waals surface area contributed by atoms with Gasteiger partial charge in [-0.1, -0.05) is 12.1 Å². The first-order valence-electron chi connectivity index (χ1n) is 6.47. The summed E-state index contributed by atoms with van der Waals surface area (Å²) in [6.45, 7) is 0. The van der Waals surface area contributed by atoms with Gasteiger partial charge in [-0.05, 0) is 12.1 Å². The first-order chi connectivity index (χ1) is 10.5. The van der Waals surface area contributed by atoms with Crippen LogP contribution in [0.4, 0.5) is 0 Å². The number of nitrogens with one attached hydrogen (secondary N) is 1. The number of aromatic nitrogens is 2. The number of hydrogen-bond acceptors (Lipinski definition) is 5. The van der Waals surface area contributed by atoms with E-state index in [1.54, 1.807) is 18.2 Å². The molecule has 0 saturated carbocycles. The molecular formula is C14H14N4O4. The molecule has 1 heterocycles. The summed E-state index contributed by atoms with van der Waals surface area (Å²) < 4.78 is 0. The number of fused-ring (bicyclic) bond motifs is 1. The molecule has 0 aliphatic rings. The van der Waals surface area contributed by atoms with E-state index in [-0.39, 0.29) is 6.42 Å². The molecule has 2 amide bonds. The second kappa shape index (κ2) is 6.61. The molecule has 8 heteroatoms. The lowest BCUT2D eigenvalue weighted by Crippen LogP contribution is -2.44. The van der Waals surface area contributed by atoms with Crippen LogP contribution in [-0.4, -0.2) is 38.9 Å². The lowest BCUT2D eigenvalue weighted by molar-refractivity contribution is -0.143. The number of carbonyl (C=O) groups excluding carboxylic acids is 2. The fourth-order valence-corrected chi connectivity index (χ4v) is 1.89. The number of aliphatic carboxylic acids is 1. The summed E-state index contributed by atoms with van der Waals surface area (Å²) in [5.41, 5.74) is 6.68. The van der Waals surface area contributed by atoms with Crippen LogP contribution in [0.1, 0.15) is 12.1 Å². The molecule has 0 fully saturated rings. The van der Waals surface area contributed by atoms with Crippen molar-refractivity contribution in [3.8, 4) is 0 Å². The smallest absolute Gasteiger partial charge is 0.326 e. The van der Waals surface area contributed by atoms with Crippen molar-refractivity contribution < 1.29 is 19.5 Å². The van der Waals surface area contributed by atoms with Gasteiger partial charge in [0.05, 0.1) is 29.6 Å². The van der Waals surface area contributed by atoms with Crippen LogP contribution in [0.3, 0.4) is 0 Å². The maximum absolute atomic E-state index is 11.9. The number of carbonyl (C=O) groups is 3. The van der Waals surface area contributed by atoms with Gasteiger partial charge in [0.15, 0.2) is 0 Å². The van der Waals surface area contributed by atoms with E-state index in [4.69, 9.17) is 10.8 Å². The third-order valence-electron chi connectivity index (χ3n) is 2.88. The number of benzene rings is 1. The summed E-state index contributed by atoms with van der Waals surface area (Å²) in [5, 5.41) is 11.2. The van der Waals surface area contributed by atoms with Crippen LogP contribution in [-0.2, 0) is 20.8 Å². The number of hydrogen-bond donors (Lipinski definition) is 3. The second-order valence-electron chi connectivity index (χ2n) is 4.66. The fraction of sp³-hybridized carbons (Fsp3) is 0.214. The number of rotatable bonds is 6. The maximum atomic E-state index is 11.9. The van der Waals surface area contributed by atoms with Crippen LogP contribution in [0.5, 0.6) is 0 Å². The molecule has 22 heavy (non-hydrogen) atoms. The van der Waals surface area contributed by atoms with Crippen LogP contribution in [0, 0.1) is 0 Å². The molecule has 0 aliphatic carbocycles. The average Bonchev–Trinajstić information content (AvgIpc) is 2.45. The van der Waals surface area contributed by atoms with Crippen LogP contribution in [0.25, 0.3) is 11.0 Å². The zero-order valence-electron chi connectivity index (χ0n) is 11.5. The van der Waals surface area contributed by atoms with Gasteiger partial charge in [0.1, 0.15) is 6.04 Å². The SMILES string of the molecule is NC(=O)C[C@H](NC(=O)Cc1cnc2ccccc2n1)C(=O)O. The van der Waals surface area contributed by atoms with E-state index < -0.39 is 30.2 Å².